The highest BCUT2D eigenvalue weighted by Gasteiger charge is 2.12. The van der Waals surface area contributed by atoms with Crippen LogP contribution >= 0.6 is 11.6 Å². The Morgan fingerprint density at radius 1 is 1.08 bits per heavy atom. The van der Waals surface area contributed by atoms with Crippen LogP contribution in [0, 0.1) is 18.8 Å². The Balaban J connectivity index is 0.000000401. The van der Waals surface area contributed by atoms with Gasteiger partial charge in [-0.3, -0.25) is 0 Å². The van der Waals surface area contributed by atoms with Crippen LogP contribution in [0.4, 0.5) is 0 Å². The van der Waals surface area contributed by atoms with Crippen molar-refractivity contribution in [1.82, 2.24) is 0 Å². The quantitative estimate of drug-likeness (QED) is 0.455. The molecule has 6 heteroatoms. The van der Waals surface area contributed by atoms with Crippen molar-refractivity contribution in [3.8, 4) is 11.8 Å². The van der Waals surface area contributed by atoms with Crippen LogP contribution in [0.5, 0.6) is 0 Å². The molecule has 2 aromatic rings. The zero-order valence-corrected chi connectivity index (χ0v) is 16.1. The molecule has 0 bridgehead atoms. The topological polar surface area (TPSA) is 60.4 Å². The minimum Gasteiger partial charge on any atom is -0.462 e. The minimum absolute atomic E-state index is 0.115. The fraction of sp³-hybridized carbons (Fsp3) is 0.200. The third kappa shape index (κ3) is 8.52. The van der Waals surface area contributed by atoms with Gasteiger partial charge in [0.05, 0.1) is 13.0 Å². The minimum atomic E-state index is -2.63. The molecule has 0 saturated carbocycles. The largest absolute Gasteiger partial charge is 0.462 e. The standard InChI is InChI=1S/C13H11ClO4S.C7H8/c1-2-18-13(15)12(19(16)17)5-3-4-10-6-8-11(14)9-7-10;1-7-5-3-2-4-6-7/h6-9H,2,5H2,1H3;2-6H,1H3. The molecule has 0 atom stereocenters. The summed E-state index contributed by atoms with van der Waals surface area (Å²) in [5.74, 6) is 4.50. The molecule has 0 aliphatic rings. The number of rotatable bonds is 3. The molecule has 0 aliphatic carbocycles. The van der Waals surface area contributed by atoms with E-state index in [2.05, 4.69) is 35.6 Å². The maximum absolute atomic E-state index is 11.3. The number of hydrogen-bond acceptors (Lipinski definition) is 4. The van der Waals surface area contributed by atoms with Crippen LogP contribution in [-0.2, 0) is 19.8 Å². The molecule has 0 heterocycles. The van der Waals surface area contributed by atoms with E-state index >= 15 is 0 Å². The maximum Gasteiger partial charge on any atom is 0.350 e. The van der Waals surface area contributed by atoms with E-state index in [1.807, 2.05) is 18.2 Å². The van der Waals surface area contributed by atoms with E-state index in [4.69, 9.17) is 11.6 Å². The normalized spacial score (nSPS) is 9.04. The molecular formula is C20H19ClO4S. The van der Waals surface area contributed by atoms with Gasteiger partial charge in [-0.1, -0.05) is 59.3 Å². The van der Waals surface area contributed by atoms with Gasteiger partial charge in [-0.25, -0.2) is 4.79 Å². The summed E-state index contributed by atoms with van der Waals surface area (Å²) >= 11 is 5.72. The lowest BCUT2D eigenvalue weighted by Gasteiger charge is -1.98. The monoisotopic (exact) mass is 390 g/mol. The average molecular weight is 391 g/mol. The highest BCUT2D eigenvalue weighted by molar-refractivity contribution is 7.74. The van der Waals surface area contributed by atoms with E-state index in [1.165, 1.54) is 5.56 Å². The molecule has 0 spiro atoms. The summed E-state index contributed by atoms with van der Waals surface area (Å²) in [7, 11) is -2.63. The van der Waals surface area contributed by atoms with Crippen molar-refractivity contribution in [2.75, 3.05) is 6.61 Å². The van der Waals surface area contributed by atoms with Gasteiger partial charge in [0.15, 0.2) is 4.86 Å². The van der Waals surface area contributed by atoms with Crippen molar-refractivity contribution in [3.05, 3.63) is 70.7 Å². The summed E-state index contributed by atoms with van der Waals surface area (Å²) in [6.07, 6.45) is -0.183. The van der Waals surface area contributed by atoms with Crippen LogP contribution in [0.1, 0.15) is 24.5 Å². The molecule has 0 aliphatic heterocycles. The number of esters is 1. The molecular weight excluding hydrogens is 372 g/mol. The number of ether oxygens (including phenoxy) is 1. The fourth-order valence-electron chi connectivity index (χ4n) is 1.70. The summed E-state index contributed by atoms with van der Waals surface area (Å²) in [5, 5.41) is 0.588. The first-order valence-corrected chi connectivity index (χ1v) is 9.27. The number of aryl methyl sites for hydroxylation is 1. The zero-order chi connectivity index (χ0) is 19.4. The number of carbonyl (C=O) groups is 1. The van der Waals surface area contributed by atoms with Gasteiger partial charge >= 0.3 is 5.97 Å². The van der Waals surface area contributed by atoms with Crippen molar-refractivity contribution >= 4 is 32.7 Å². The lowest BCUT2D eigenvalue weighted by atomic mass is 10.2. The van der Waals surface area contributed by atoms with E-state index in [-0.39, 0.29) is 17.9 Å². The second-order valence-corrected chi connectivity index (χ2v) is 6.42. The summed E-state index contributed by atoms with van der Waals surface area (Å²) in [6.45, 7) is 3.80. The first-order valence-electron chi connectivity index (χ1n) is 7.82. The van der Waals surface area contributed by atoms with E-state index in [1.54, 1.807) is 31.2 Å². The summed E-state index contributed by atoms with van der Waals surface area (Å²) < 4.78 is 26.4. The van der Waals surface area contributed by atoms with E-state index in [0.717, 1.165) is 0 Å². The Hall–Kier alpha value is -2.55. The van der Waals surface area contributed by atoms with Crippen LogP contribution in [0.15, 0.2) is 54.6 Å². The van der Waals surface area contributed by atoms with Crippen molar-refractivity contribution < 1.29 is 17.9 Å². The summed E-state index contributed by atoms with van der Waals surface area (Å²) in [5.41, 5.74) is 2.01. The number of carbonyl (C=O) groups excluding carboxylic acids is 1. The van der Waals surface area contributed by atoms with Gasteiger partial charge in [-0.05, 0) is 38.1 Å². The highest BCUT2D eigenvalue weighted by Crippen LogP contribution is 2.08. The van der Waals surface area contributed by atoms with E-state index < -0.39 is 16.3 Å². The Morgan fingerprint density at radius 3 is 2.15 bits per heavy atom. The zero-order valence-electron chi connectivity index (χ0n) is 14.5. The molecule has 2 aromatic carbocycles. The predicted molar refractivity (Wildman–Crippen MR) is 105 cm³/mol. The lowest BCUT2D eigenvalue weighted by molar-refractivity contribution is -0.134. The van der Waals surface area contributed by atoms with Crippen molar-refractivity contribution in [3.63, 3.8) is 0 Å². The molecule has 2 rings (SSSR count). The van der Waals surface area contributed by atoms with Crippen LogP contribution in [0.3, 0.4) is 0 Å². The molecule has 0 aromatic heterocycles. The first-order chi connectivity index (χ1) is 12.4. The molecule has 0 unspecified atom stereocenters. The summed E-state index contributed by atoms with van der Waals surface area (Å²) in [6, 6.07) is 17.0. The Morgan fingerprint density at radius 2 is 1.69 bits per heavy atom. The molecule has 4 nitrogen and oxygen atoms in total. The number of halogens is 1. The van der Waals surface area contributed by atoms with Crippen LogP contribution < -0.4 is 0 Å². The SMILES string of the molecule is CCOC(=O)C(CC#Cc1ccc(Cl)cc1)=S(=O)=O.Cc1ccccc1. The first kappa shape index (κ1) is 21.5. The van der Waals surface area contributed by atoms with Crippen molar-refractivity contribution in [2.24, 2.45) is 0 Å². The molecule has 0 radical (unpaired) electrons. The number of hydrogen-bond donors (Lipinski definition) is 0. The smallest absolute Gasteiger partial charge is 0.350 e. The van der Waals surface area contributed by atoms with E-state index in [9.17, 15) is 13.2 Å². The van der Waals surface area contributed by atoms with Gasteiger partial charge in [0, 0.05) is 10.6 Å². The Bertz CT molecular complexity index is 898. The molecule has 0 N–H and O–H groups in total. The fourth-order valence-corrected chi connectivity index (χ4v) is 2.22. The highest BCUT2D eigenvalue weighted by atomic mass is 35.5. The van der Waals surface area contributed by atoms with Crippen molar-refractivity contribution in [2.45, 2.75) is 20.3 Å². The molecule has 0 saturated heterocycles. The Labute approximate surface area is 160 Å². The van der Waals surface area contributed by atoms with Gasteiger partial charge in [0.25, 0.3) is 0 Å². The van der Waals surface area contributed by atoms with Gasteiger partial charge in [-0.15, -0.1) is 0 Å². The lowest BCUT2D eigenvalue weighted by Crippen LogP contribution is -2.17. The molecule has 0 amide bonds. The number of benzene rings is 2. The van der Waals surface area contributed by atoms with Gasteiger partial charge < -0.3 is 4.74 Å². The van der Waals surface area contributed by atoms with Crippen LogP contribution in [0.2, 0.25) is 5.02 Å². The molecule has 26 heavy (non-hydrogen) atoms. The summed E-state index contributed by atoms with van der Waals surface area (Å²) in [4.78, 5) is 11.0. The van der Waals surface area contributed by atoms with Crippen LogP contribution in [-0.4, -0.2) is 25.9 Å². The second kappa shape index (κ2) is 11.9. The third-order valence-corrected chi connectivity index (χ3v) is 3.94. The van der Waals surface area contributed by atoms with Gasteiger partial charge in [0.2, 0.25) is 10.3 Å². The van der Waals surface area contributed by atoms with Gasteiger partial charge in [-0.2, -0.15) is 8.42 Å². The van der Waals surface area contributed by atoms with Crippen molar-refractivity contribution in [1.29, 1.82) is 0 Å². The Kier molecular flexibility index (Phi) is 9.85. The average Bonchev–Trinajstić information content (AvgIpc) is 2.61. The maximum atomic E-state index is 11.3. The molecule has 0 fully saturated rings. The predicted octanol–water partition coefficient (Wildman–Crippen LogP) is 3.69. The van der Waals surface area contributed by atoms with E-state index in [0.29, 0.717) is 10.6 Å². The second-order valence-electron chi connectivity index (χ2n) is 5.02. The third-order valence-electron chi connectivity index (χ3n) is 2.97. The molecule has 136 valence electrons. The van der Waals surface area contributed by atoms with Crippen LogP contribution in [0.25, 0.3) is 0 Å². The van der Waals surface area contributed by atoms with Gasteiger partial charge in [0.1, 0.15) is 0 Å².